The highest BCUT2D eigenvalue weighted by Crippen LogP contribution is 2.31. The summed E-state index contributed by atoms with van der Waals surface area (Å²) in [5, 5.41) is 10.5. The molecule has 0 spiro atoms. The van der Waals surface area contributed by atoms with Gasteiger partial charge in [-0.1, -0.05) is 29.9 Å². The zero-order valence-electron chi connectivity index (χ0n) is 10.6. The number of hydrogen-bond donors (Lipinski definition) is 1. The molecule has 0 saturated carbocycles. The highest BCUT2D eigenvalue weighted by Gasteiger charge is 2.23. The Balaban J connectivity index is 1.99. The molecule has 1 aromatic heterocycles. The first-order chi connectivity index (χ1) is 8.74. The molecule has 2 rings (SSSR count). The van der Waals surface area contributed by atoms with Crippen molar-refractivity contribution >= 4 is 28.1 Å². The molecule has 1 atom stereocenters. The first-order valence-electron chi connectivity index (χ1n) is 6.37. The summed E-state index contributed by atoms with van der Waals surface area (Å²) in [4.78, 5) is 7.26. The lowest BCUT2D eigenvalue weighted by molar-refractivity contribution is 0.0440. The first-order valence-corrected chi connectivity index (χ1v) is 7.56. The van der Waals surface area contributed by atoms with Crippen molar-refractivity contribution in [3.05, 3.63) is 10.0 Å². The molecule has 6 heteroatoms. The average molecular weight is 291 g/mol. The zero-order valence-corrected chi connectivity index (χ0v) is 12.1. The lowest BCUT2D eigenvalue weighted by atomic mass is 10.1. The van der Waals surface area contributed by atoms with Crippen molar-refractivity contribution < 1.29 is 9.84 Å². The van der Waals surface area contributed by atoms with Crippen LogP contribution in [0.5, 0.6) is 0 Å². The fourth-order valence-electron chi connectivity index (χ4n) is 2.09. The Morgan fingerprint density at radius 3 is 3.11 bits per heavy atom. The molecule has 0 amide bonds. The summed E-state index contributed by atoms with van der Waals surface area (Å²) < 4.78 is 5.80. The molecule has 1 saturated heterocycles. The van der Waals surface area contributed by atoms with Crippen molar-refractivity contribution in [2.45, 2.75) is 38.9 Å². The van der Waals surface area contributed by atoms with Gasteiger partial charge < -0.3 is 14.7 Å². The summed E-state index contributed by atoms with van der Waals surface area (Å²) in [6.45, 7) is 4.75. The van der Waals surface area contributed by atoms with Crippen LogP contribution < -0.4 is 4.90 Å². The number of thiazole rings is 1. The second kappa shape index (κ2) is 6.70. The van der Waals surface area contributed by atoms with Crippen LogP contribution in [0, 0.1) is 0 Å². The Morgan fingerprint density at radius 2 is 2.44 bits per heavy atom. The summed E-state index contributed by atoms with van der Waals surface area (Å²) in [5.74, 6) is 0. The van der Waals surface area contributed by atoms with Gasteiger partial charge in [0.1, 0.15) is 5.15 Å². The van der Waals surface area contributed by atoms with E-state index in [1.165, 1.54) is 11.3 Å². The molecule has 1 N–H and O–H groups in total. The van der Waals surface area contributed by atoms with Crippen LogP contribution in [0.4, 0.5) is 5.13 Å². The van der Waals surface area contributed by atoms with Gasteiger partial charge in [0.25, 0.3) is 0 Å². The van der Waals surface area contributed by atoms with Crippen LogP contribution in [0.3, 0.4) is 0 Å². The third-order valence-electron chi connectivity index (χ3n) is 2.99. The fraction of sp³-hybridized carbons (Fsp3) is 0.750. The lowest BCUT2D eigenvalue weighted by Crippen LogP contribution is -2.39. The van der Waals surface area contributed by atoms with E-state index in [1.807, 2.05) is 0 Å². The molecule has 102 valence electrons. The molecule has 0 aromatic carbocycles. The van der Waals surface area contributed by atoms with E-state index in [2.05, 4.69) is 16.8 Å². The first kappa shape index (κ1) is 14.1. The van der Waals surface area contributed by atoms with Crippen LogP contribution in [0.2, 0.25) is 5.15 Å². The molecule has 1 unspecified atom stereocenters. The van der Waals surface area contributed by atoms with Gasteiger partial charge in [0, 0.05) is 19.7 Å². The quantitative estimate of drug-likeness (QED) is 0.906. The molecule has 0 aliphatic carbocycles. The predicted octanol–water partition coefficient (Wildman–Crippen LogP) is 2.68. The minimum atomic E-state index is -0.0416. The molecule has 1 fully saturated rings. The third-order valence-corrected chi connectivity index (χ3v) is 4.51. The summed E-state index contributed by atoms with van der Waals surface area (Å²) in [5.41, 5.74) is 0. The van der Waals surface area contributed by atoms with Gasteiger partial charge in [-0.2, -0.15) is 0 Å². The monoisotopic (exact) mass is 290 g/mol. The van der Waals surface area contributed by atoms with Crippen LogP contribution in [-0.2, 0) is 11.3 Å². The number of aliphatic hydroxyl groups is 1. The van der Waals surface area contributed by atoms with Crippen molar-refractivity contribution in [2.24, 2.45) is 0 Å². The molecular formula is C12H19ClN2O2S. The number of rotatable bonds is 5. The zero-order chi connectivity index (χ0) is 13.0. The highest BCUT2D eigenvalue weighted by molar-refractivity contribution is 7.16. The Hall–Kier alpha value is -0.360. The second-order valence-electron chi connectivity index (χ2n) is 4.45. The molecule has 18 heavy (non-hydrogen) atoms. The minimum absolute atomic E-state index is 0.0416. The molecule has 4 nitrogen and oxygen atoms in total. The van der Waals surface area contributed by atoms with E-state index in [0.29, 0.717) is 11.3 Å². The maximum absolute atomic E-state index is 9.14. The number of anilines is 1. The largest absolute Gasteiger partial charge is 0.391 e. The van der Waals surface area contributed by atoms with Gasteiger partial charge in [-0.05, 0) is 19.3 Å². The summed E-state index contributed by atoms with van der Waals surface area (Å²) >= 11 is 7.43. The average Bonchev–Trinajstić information content (AvgIpc) is 2.78. The standard InChI is InChI=1S/C12H19ClN2O2S/c1-2-6-17-9-4-3-5-15(7-9)12-14-11(13)10(8-16)18-12/h9,16H,2-8H2,1H3. The number of ether oxygens (including phenoxy) is 1. The second-order valence-corrected chi connectivity index (χ2v) is 5.87. The van der Waals surface area contributed by atoms with Gasteiger partial charge >= 0.3 is 0 Å². The number of aliphatic hydroxyl groups excluding tert-OH is 1. The number of nitrogens with zero attached hydrogens (tertiary/aromatic N) is 2. The van der Waals surface area contributed by atoms with Gasteiger partial charge in [-0.15, -0.1) is 0 Å². The number of piperidine rings is 1. The van der Waals surface area contributed by atoms with Gasteiger partial charge in [-0.3, -0.25) is 0 Å². The normalized spacial score (nSPS) is 20.4. The predicted molar refractivity (Wildman–Crippen MR) is 74.5 cm³/mol. The van der Waals surface area contributed by atoms with Gasteiger partial charge in [0.2, 0.25) is 0 Å². The van der Waals surface area contributed by atoms with Gasteiger partial charge in [0.05, 0.1) is 17.6 Å². The van der Waals surface area contributed by atoms with Crippen LogP contribution >= 0.6 is 22.9 Å². The molecule has 0 bridgehead atoms. The Kier molecular flexibility index (Phi) is 5.24. The van der Waals surface area contributed by atoms with Crippen LogP contribution in [0.15, 0.2) is 0 Å². The number of aromatic nitrogens is 1. The lowest BCUT2D eigenvalue weighted by Gasteiger charge is -2.32. The van der Waals surface area contributed by atoms with Crippen LogP contribution in [-0.4, -0.2) is 35.9 Å². The van der Waals surface area contributed by atoms with E-state index in [-0.39, 0.29) is 6.61 Å². The van der Waals surface area contributed by atoms with E-state index in [4.69, 9.17) is 21.4 Å². The summed E-state index contributed by atoms with van der Waals surface area (Å²) in [7, 11) is 0. The molecule has 1 aliphatic rings. The fourth-order valence-corrected chi connectivity index (χ4v) is 3.24. The van der Waals surface area contributed by atoms with Crippen molar-refractivity contribution in [1.82, 2.24) is 4.98 Å². The van der Waals surface area contributed by atoms with E-state index >= 15 is 0 Å². The molecular weight excluding hydrogens is 272 g/mol. The van der Waals surface area contributed by atoms with E-state index in [0.717, 1.165) is 49.0 Å². The smallest absolute Gasteiger partial charge is 0.187 e. The molecule has 0 radical (unpaired) electrons. The number of hydrogen-bond acceptors (Lipinski definition) is 5. The van der Waals surface area contributed by atoms with Crippen molar-refractivity contribution in [1.29, 1.82) is 0 Å². The van der Waals surface area contributed by atoms with E-state index in [9.17, 15) is 0 Å². The third kappa shape index (κ3) is 3.35. The highest BCUT2D eigenvalue weighted by atomic mass is 35.5. The molecule has 1 aromatic rings. The van der Waals surface area contributed by atoms with Crippen molar-refractivity contribution in [2.75, 3.05) is 24.6 Å². The Morgan fingerprint density at radius 1 is 1.61 bits per heavy atom. The SMILES string of the molecule is CCCOC1CCCN(c2nc(Cl)c(CO)s2)C1. The van der Waals surface area contributed by atoms with Crippen LogP contribution in [0.1, 0.15) is 31.1 Å². The molecule has 2 heterocycles. The Bertz CT molecular complexity index is 386. The van der Waals surface area contributed by atoms with Gasteiger partial charge in [-0.25, -0.2) is 4.98 Å². The minimum Gasteiger partial charge on any atom is -0.391 e. The van der Waals surface area contributed by atoms with Crippen molar-refractivity contribution in [3.63, 3.8) is 0 Å². The summed E-state index contributed by atoms with van der Waals surface area (Å²) in [6, 6.07) is 0. The van der Waals surface area contributed by atoms with Crippen molar-refractivity contribution in [3.8, 4) is 0 Å². The Labute approximate surface area is 117 Å². The van der Waals surface area contributed by atoms with Crippen LogP contribution in [0.25, 0.3) is 0 Å². The number of halogens is 1. The van der Waals surface area contributed by atoms with E-state index < -0.39 is 0 Å². The molecule has 1 aliphatic heterocycles. The maximum Gasteiger partial charge on any atom is 0.187 e. The maximum atomic E-state index is 9.14. The van der Waals surface area contributed by atoms with E-state index in [1.54, 1.807) is 0 Å². The summed E-state index contributed by atoms with van der Waals surface area (Å²) in [6.07, 6.45) is 3.57. The topological polar surface area (TPSA) is 45.6 Å². The van der Waals surface area contributed by atoms with Gasteiger partial charge in [0.15, 0.2) is 5.13 Å².